The van der Waals surface area contributed by atoms with Gasteiger partial charge in [-0.2, -0.15) is 0 Å². The van der Waals surface area contributed by atoms with Crippen LogP contribution in [-0.4, -0.2) is 28.2 Å². The first-order valence-corrected chi connectivity index (χ1v) is 9.65. The minimum atomic E-state index is -0.485. The van der Waals surface area contributed by atoms with Crippen LogP contribution in [0.4, 0.5) is 4.39 Å². The van der Waals surface area contributed by atoms with Gasteiger partial charge in [0.05, 0.1) is 30.1 Å². The molecule has 8 heteroatoms. The molecular weight excluding hydrogens is 413 g/mol. The Kier molecular flexibility index (Phi) is 6.31. The van der Waals surface area contributed by atoms with Crippen LogP contribution in [0, 0.1) is 5.82 Å². The molecule has 3 heterocycles. The fraction of sp³-hybridized carbons (Fsp3) is 0.0833. The van der Waals surface area contributed by atoms with Crippen molar-refractivity contribution in [1.29, 1.82) is 0 Å². The molecule has 0 aliphatic rings. The summed E-state index contributed by atoms with van der Waals surface area (Å²) < 4.78 is 29.3. The maximum absolute atomic E-state index is 13.3. The zero-order chi connectivity index (χ0) is 22.3. The molecule has 32 heavy (non-hydrogen) atoms. The Hall–Kier alpha value is -4.33. The van der Waals surface area contributed by atoms with Crippen LogP contribution in [0.3, 0.4) is 0 Å². The van der Waals surface area contributed by atoms with Crippen molar-refractivity contribution in [2.75, 3.05) is 7.11 Å². The number of methoxy groups -OCH3 is 1. The summed E-state index contributed by atoms with van der Waals surface area (Å²) in [5, 5.41) is 4.12. The van der Waals surface area contributed by atoms with E-state index >= 15 is 0 Å². The monoisotopic (exact) mass is 431 g/mol. The van der Waals surface area contributed by atoms with Gasteiger partial charge in [-0.25, -0.2) is 14.2 Å². The molecule has 0 atom stereocenters. The Morgan fingerprint density at radius 2 is 1.88 bits per heavy atom. The Balaban J connectivity index is 1.61. The summed E-state index contributed by atoms with van der Waals surface area (Å²) in [5.74, 6) is -0.161. The van der Waals surface area contributed by atoms with E-state index in [-0.39, 0.29) is 6.61 Å². The first kappa shape index (κ1) is 20.9. The smallest absolute Gasteiger partial charge is 0.339 e. The molecule has 0 saturated heterocycles. The highest BCUT2D eigenvalue weighted by Crippen LogP contribution is 2.27. The normalized spacial score (nSPS) is 10.9. The average molecular weight is 431 g/mol. The lowest BCUT2D eigenvalue weighted by molar-refractivity contribution is 0.0600. The second-order valence-electron chi connectivity index (χ2n) is 6.65. The van der Waals surface area contributed by atoms with E-state index in [1.54, 1.807) is 18.2 Å². The molecule has 0 aliphatic carbocycles. The fourth-order valence-electron chi connectivity index (χ4n) is 2.90. The molecule has 0 fully saturated rings. The van der Waals surface area contributed by atoms with Crippen LogP contribution >= 0.6 is 0 Å². The molecule has 160 valence electrons. The van der Waals surface area contributed by atoms with Crippen LogP contribution in [0.5, 0.6) is 5.88 Å². The zero-order valence-corrected chi connectivity index (χ0v) is 17.1. The Labute approximate surface area is 183 Å². The quantitative estimate of drug-likeness (QED) is 0.388. The van der Waals surface area contributed by atoms with Crippen molar-refractivity contribution in [3.8, 4) is 17.3 Å². The number of carbonyl (C=O) groups excluding carboxylic acids is 1. The number of hydrogen-bond donors (Lipinski definition) is 0. The summed E-state index contributed by atoms with van der Waals surface area (Å²) in [4.78, 5) is 19.8. The fourth-order valence-corrected chi connectivity index (χ4v) is 2.90. The lowest BCUT2D eigenvalue weighted by Crippen LogP contribution is -2.03. The van der Waals surface area contributed by atoms with Crippen molar-refractivity contribution in [3.05, 3.63) is 95.3 Å². The molecule has 0 aliphatic heterocycles. The minimum absolute atomic E-state index is 0.0664. The highest BCUT2D eigenvalue weighted by Gasteiger charge is 2.18. The number of esters is 1. The van der Waals surface area contributed by atoms with Gasteiger partial charge in [0, 0.05) is 12.3 Å². The topological polar surface area (TPSA) is 87.3 Å². The van der Waals surface area contributed by atoms with Crippen molar-refractivity contribution < 1.29 is 23.2 Å². The molecule has 1 aromatic carbocycles. The Morgan fingerprint density at radius 1 is 1.03 bits per heavy atom. The van der Waals surface area contributed by atoms with Crippen LogP contribution in [0.1, 0.15) is 27.2 Å². The van der Waals surface area contributed by atoms with Gasteiger partial charge < -0.3 is 14.0 Å². The molecule has 0 N–H and O–H groups in total. The van der Waals surface area contributed by atoms with E-state index in [4.69, 9.17) is 9.26 Å². The first-order valence-electron chi connectivity index (χ1n) is 9.65. The van der Waals surface area contributed by atoms with Gasteiger partial charge in [0.1, 0.15) is 18.1 Å². The molecule has 0 amide bonds. The largest absolute Gasteiger partial charge is 0.473 e. The lowest BCUT2D eigenvalue weighted by Gasteiger charge is -2.06. The van der Waals surface area contributed by atoms with Crippen molar-refractivity contribution in [2.45, 2.75) is 6.61 Å². The number of nitrogens with zero attached hydrogens (tertiary/aromatic N) is 3. The van der Waals surface area contributed by atoms with Crippen LogP contribution in [-0.2, 0) is 11.3 Å². The van der Waals surface area contributed by atoms with Gasteiger partial charge >= 0.3 is 5.97 Å². The third-order valence-corrected chi connectivity index (χ3v) is 4.54. The van der Waals surface area contributed by atoms with E-state index in [0.29, 0.717) is 34.2 Å². The van der Waals surface area contributed by atoms with Gasteiger partial charge in [0.25, 0.3) is 0 Å². The summed E-state index contributed by atoms with van der Waals surface area (Å²) >= 11 is 0. The van der Waals surface area contributed by atoms with Crippen LogP contribution in [0.15, 0.2) is 71.5 Å². The lowest BCUT2D eigenvalue weighted by atomic mass is 10.1. The summed E-state index contributed by atoms with van der Waals surface area (Å²) in [6.07, 6.45) is 6.14. The number of rotatable bonds is 7. The van der Waals surface area contributed by atoms with E-state index in [1.165, 1.54) is 25.4 Å². The number of carbonyl (C=O) groups is 1. The number of benzene rings is 1. The number of ether oxygens (including phenoxy) is 2. The Morgan fingerprint density at radius 3 is 2.56 bits per heavy atom. The number of aromatic nitrogens is 3. The molecular formula is C24H18FN3O4. The predicted octanol–water partition coefficient (Wildman–Crippen LogP) is 4.81. The van der Waals surface area contributed by atoms with E-state index in [1.807, 2.05) is 36.4 Å². The maximum Gasteiger partial charge on any atom is 0.339 e. The maximum atomic E-state index is 13.3. The molecule has 0 spiro atoms. The van der Waals surface area contributed by atoms with Gasteiger partial charge in [0.15, 0.2) is 5.76 Å². The summed E-state index contributed by atoms with van der Waals surface area (Å²) in [6, 6.07) is 15.6. The van der Waals surface area contributed by atoms with Crippen molar-refractivity contribution in [2.24, 2.45) is 0 Å². The van der Waals surface area contributed by atoms with Crippen LogP contribution < -0.4 is 4.74 Å². The van der Waals surface area contributed by atoms with E-state index in [2.05, 4.69) is 19.9 Å². The minimum Gasteiger partial charge on any atom is -0.473 e. The zero-order valence-electron chi connectivity index (χ0n) is 17.1. The first-order chi connectivity index (χ1) is 15.6. The molecule has 0 saturated carbocycles. The summed E-state index contributed by atoms with van der Waals surface area (Å²) in [7, 11) is 1.30. The summed E-state index contributed by atoms with van der Waals surface area (Å²) in [5.41, 5.74) is 2.80. The van der Waals surface area contributed by atoms with Gasteiger partial charge in [-0.05, 0) is 29.8 Å². The molecule has 0 unspecified atom stereocenters. The third-order valence-electron chi connectivity index (χ3n) is 4.54. The highest BCUT2D eigenvalue weighted by molar-refractivity contribution is 5.88. The van der Waals surface area contributed by atoms with Crippen molar-refractivity contribution >= 4 is 18.1 Å². The molecule has 0 radical (unpaired) electrons. The molecule has 3 aromatic heterocycles. The highest BCUT2D eigenvalue weighted by atomic mass is 19.1. The molecule has 4 aromatic rings. The average Bonchev–Trinajstić information content (AvgIpc) is 3.25. The van der Waals surface area contributed by atoms with Crippen molar-refractivity contribution in [1.82, 2.24) is 15.1 Å². The van der Waals surface area contributed by atoms with Crippen LogP contribution in [0.25, 0.3) is 23.5 Å². The molecule has 7 nitrogen and oxygen atoms in total. The number of halogens is 1. The second-order valence-corrected chi connectivity index (χ2v) is 6.65. The van der Waals surface area contributed by atoms with Gasteiger partial charge in [-0.15, -0.1) is 0 Å². The molecule has 0 bridgehead atoms. The predicted molar refractivity (Wildman–Crippen MR) is 115 cm³/mol. The standard InChI is InChI=1S/C24H18FN3O4/c1-30-24(29)17-8-12-22(27-13-17)31-15-19-21(11-7-16-5-3-2-4-6-16)32-28-23(19)20-10-9-18(25)14-26-20/h2-14H,15H2,1H3. The molecule has 4 rings (SSSR count). The number of pyridine rings is 2. The van der Waals surface area contributed by atoms with Gasteiger partial charge in [-0.3, -0.25) is 4.98 Å². The van der Waals surface area contributed by atoms with Gasteiger partial charge in [0.2, 0.25) is 5.88 Å². The third kappa shape index (κ3) is 4.86. The number of hydrogen-bond acceptors (Lipinski definition) is 7. The second kappa shape index (κ2) is 9.65. The summed E-state index contributed by atoms with van der Waals surface area (Å²) in [6.45, 7) is 0.0664. The van der Waals surface area contributed by atoms with E-state index in [0.717, 1.165) is 11.8 Å². The van der Waals surface area contributed by atoms with E-state index in [9.17, 15) is 9.18 Å². The van der Waals surface area contributed by atoms with Crippen molar-refractivity contribution in [3.63, 3.8) is 0 Å². The SMILES string of the molecule is COC(=O)c1ccc(OCc2c(-c3ccc(F)cn3)noc2C=Cc2ccccc2)nc1. The van der Waals surface area contributed by atoms with E-state index < -0.39 is 11.8 Å². The van der Waals surface area contributed by atoms with Crippen LogP contribution in [0.2, 0.25) is 0 Å². The Bertz CT molecular complexity index is 1220. The van der Waals surface area contributed by atoms with Gasteiger partial charge in [-0.1, -0.05) is 41.6 Å².